The minimum atomic E-state index is -0.523. The number of hydrogen-bond donors (Lipinski definition) is 1. The van der Waals surface area contributed by atoms with Crippen molar-refractivity contribution in [2.24, 2.45) is 5.41 Å². The largest absolute Gasteiger partial charge is 0.449 e. The van der Waals surface area contributed by atoms with Crippen LogP contribution >= 0.6 is 0 Å². The molecule has 104 valence electrons. The molecular formula is C13H24N2O3. The smallest absolute Gasteiger partial charge is 0.407 e. The molecule has 0 aromatic heterocycles. The van der Waals surface area contributed by atoms with Gasteiger partial charge in [-0.1, -0.05) is 20.8 Å². The average Bonchev–Trinajstić information content (AvgIpc) is 2.68. The van der Waals surface area contributed by atoms with Gasteiger partial charge in [0.2, 0.25) is 5.91 Å². The van der Waals surface area contributed by atoms with Crippen molar-refractivity contribution in [3.05, 3.63) is 0 Å². The maximum Gasteiger partial charge on any atom is 0.407 e. The Kier molecular flexibility index (Phi) is 4.99. The van der Waals surface area contributed by atoms with Gasteiger partial charge in [0.1, 0.15) is 6.54 Å². The van der Waals surface area contributed by atoms with Gasteiger partial charge in [0, 0.05) is 12.6 Å². The molecule has 1 N–H and O–H groups in total. The van der Waals surface area contributed by atoms with E-state index in [-0.39, 0.29) is 23.9 Å². The predicted molar refractivity (Wildman–Crippen MR) is 69.2 cm³/mol. The summed E-state index contributed by atoms with van der Waals surface area (Å²) in [6.45, 7) is 9.13. The summed E-state index contributed by atoms with van der Waals surface area (Å²) in [7, 11) is 0. The molecular weight excluding hydrogens is 232 g/mol. The van der Waals surface area contributed by atoms with E-state index in [1.54, 1.807) is 0 Å². The van der Waals surface area contributed by atoms with E-state index in [9.17, 15) is 9.59 Å². The lowest BCUT2D eigenvalue weighted by Crippen LogP contribution is -2.42. The first kappa shape index (κ1) is 14.8. The molecule has 5 heteroatoms. The van der Waals surface area contributed by atoms with Gasteiger partial charge in [-0.3, -0.25) is 4.79 Å². The first-order chi connectivity index (χ1) is 8.29. The van der Waals surface area contributed by atoms with Gasteiger partial charge in [-0.25, -0.2) is 4.79 Å². The molecule has 1 rings (SSSR count). The van der Waals surface area contributed by atoms with Crippen molar-refractivity contribution in [1.29, 1.82) is 0 Å². The van der Waals surface area contributed by atoms with Gasteiger partial charge in [-0.15, -0.1) is 0 Å². The zero-order valence-electron chi connectivity index (χ0n) is 11.8. The van der Waals surface area contributed by atoms with Crippen LogP contribution in [0.2, 0.25) is 0 Å². The normalized spacial score (nSPS) is 19.8. The number of carbonyl (C=O) groups excluding carboxylic acids is 2. The van der Waals surface area contributed by atoms with Gasteiger partial charge in [-0.05, 0) is 25.2 Å². The van der Waals surface area contributed by atoms with Crippen molar-refractivity contribution in [2.45, 2.75) is 46.6 Å². The number of likely N-dealkylation sites (tertiary alicyclic amines) is 1. The molecule has 0 aliphatic carbocycles. The van der Waals surface area contributed by atoms with Crippen LogP contribution < -0.4 is 5.32 Å². The molecule has 0 aromatic rings. The van der Waals surface area contributed by atoms with Crippen LogP contribution in [-0.2, 0) is 9.53 Å². The van der Waals surface area contributed by atoms with Crippen LogP contribution in [0.15, 0.2) is 0 Å². The number of nitrogens with one attached hydrogen (secondary N) is 1. The Morgan fingerprint density at radius 3 is 2.56 bits per heavy atom. The molecule has 18 heavy (non-hydrogen) atoms. The zero-order chi connectivity index (χ0) is 13.8. The van der Waals surface area contributed by atoms with Gasteiger partial charge >= 0.3 is 6.09 Å². The molecule has 1 saturated heterocycles. The van der Waals surface area contributed by atoms with Gasteiger partial charge in [0.05, 0.1) is 6.61 Å². The molecule has 1 aliphatic heterocycles. The highest BCUT2D eigenvalue weighted by Gasteiger charge is 2.25. The summed E-state index contributed by atoms with van der Waals surface area (Å²) in [4.78, 5) is 25.0. The third kappa shape index (κ3) is 4.94. The Balaban J connectivity index is 2.24. The SMILES string of the molecule is C[C@@H]1CCCN1C(=O)CNC(=O)OCC(C)(C)C. The molecule has 1 fully saturated rings. The van der Waals surface area contributed by atoms with Crippen LogP contribution in [0.25, 0.3) is 0 Å². The van der Waals surface area contributed by atoms with Gasteiger partial charge < -0.3 is 15.0 Å². The second-order valence-corrected chi connectivity index (χ2v) is 6.07. The lowest BCUT2D eigenvalue weighted by Gasteiger charge is -2.22. The number of rotatable bonds is 3. The van der Waals surface area contributed by atoms with Crippen molar-refractivity contribution in [3.63, 3.8) is 0 Å². The third-order valence-electron chi connectivity index (χ3n) is 2.89. The Morgan fingerprint density at radius 1 is 1.39 bits per heavy atom. The van der Waals surface area contributed by atoms with E-state index in [0.29, 0.717) is 6.61 Å². The lowest BCUT2D eigenvalue weighted by molar-refractivity contribution is -0.130. The van der Waals surface area contributed by atoms with Crippen LogP contribution in [0.1, 0.15) is 40.5 Å². The van der Waals surface area contributed by atoms with Crippen molar-refractivity contribution in [1.82, 2.24) is 10.2 Å². The first-order valence-corrected chi connectivity index (χ1v) is 6.50. The van der Waals surface area contributed by atoms with E-state index >= 15 is 0 Å². The summed E-state index contributed by atoms with van der Waals surface area (Å²) in [5, 5.41) is 2.50. The Hall–Kier alpha value is -1.26. The quantitative estimate of drug-likeness (QED) is 0.837. The summed E-state index contributed by atoms with van der Waals surface area (Å²) >= 11 is 0. The molecule has 0 radical (unpaired) electrons. The van der Waals surface area contributed by atoms with Gasteiger partial charge in [-0.2, -0.15) is 0 Å². The van der Waals surface area contributed by atoms with Crippen LogP contribution in [0.5, 0.6) is 0 Å². The highest BCUT2D eigenvalue weighted by atomic mass is 16.5. The maximum absolute atomic E-state index is 11.8. The Bertz CT molecular complexity index is 310. The third-order valence-corrected chi connectivity index (χ3v) is 2.89. The molecule has 1 atom stereocenters. The van der Waals surface area contributed by atoms with Gasteiger partial charge in [0.25, 0.3) is 0 Å². The molecule has 1 aliphatic rings. The standard InChI is InChI=1S/C13H24N2O3/c1-10-6-5-7-15(10)11(16)8-14-12(17)18-9-13(2,3)4/h10H,5-9H2,1-4H3,(H,14,17)/t10-/m1/s1. The van der Waals surface area contributed by atoms with Crippen LogP contribution in [0.4, 0.5) is 4.79 Å². The highest BCUT2D eigenvalue weighted by molar-refractivity contribution is 5.82. The lowest BCUT2D eigenvalue weighted by atomic mass is 9.99. The summed E-state index contributed by atoms with van der Waals surface area (Å²) in [6, 6.07) is 0.282. The fourth-order valence-electron chi connectivity index (χ4n) is 1.89. The Labute approximate surface area is 109 Å². The fraction of sp³-hybridized carbons (Fsp3) is 0.846. The van der Waals surface area contributed by atoms with Crippen LogP contribution in [0, 0.1) is 5.41 Å². The van der Waals surface area contributed by atoms with E-state index in [2.05, 4.69) is 5.32 Å². The summed E-state index contributed by atoms with van der Waals surface area (Å²) in [6.07, 6.45) is 1.56. The topological polar surface area (TPSA) is 58.6 Å². The van der Waals surface area contributed by atoms with Crippen molar-refractivity contribution in [3.8, 4) is 0 Å². The number of hydrogen-bond acceptors (Lipinski definition) is 3. The van der Waals surface area contributed by atoms with E-state index in [1.807, 2.05) is 32.6 Å². The highest BCUT2D eigenvalue weighted by Crippen LogP contribution is 2.16. The minimum absolute atomic E-state index is 0.0211. The molecule has 2 amide bonds. The predicted octanol–water partition coefficient (Wildman–Crippen LogP) is 1.77. The average molecular weight is 256 g/mol. The number of nitrogens with zero attached hydrogens (tertiary/aromatic N) is 1. The van der Waals surface area contributed by atoms with Crippen molar-refractivity contribution >= 4 is 12.0 Å². The number of ether oxygens (including phenoxy) is 1. The summed E-state index contributed by atoms with van der Waals surface area (Å²) < 4.78 is 5.03. The molecule has 0 bridgehead atoms. The first-order valence-electron chi connectivity index (χ1n) is 6.50. The zero-order valence-corrected chi connectivity index (χ0v) is 11.8. The van der Waals surface area contributed by atoms with Crippen molar-refractivity contribution < 1.29 is 14.3 Å². The van der Waals surface area contributed by atoms with E-state index in [0.717, 1.165) is 19.4 Å². The second kappa shape index (κ2) is 6.07. The maximum atomic E-state index is 11.8. The molecule has 5 nitrogen and oxygen atoms in total. The van der Waals surface area contributed by atoms with E-state index < -0.39 is 6.09 Å². The molecule has 0 saturated carbocycles. The molecule has 0 aromatic carbocycles. The molecule has 0 unspecified atom stereocenters. The van der Waals surface area contributed by atoms with E-state index in [1.165, 1.54) is 0 Å². The summed E-state index contributed by atoms with van der Waals surface area (Å²) in [5.41, 5.74) is -0.0647. The fourth-order valence-corrected chi connectivity index (χ4v) is 1.89. The van der Waals surface area contributed by atoms with Crippen molar-refractivity contribution in [2.75, 3.05) is 19.7 Å². The van der Waals surface area contributed by atoms with Crippen LogP contribution in [0.3, 0.4) is 0 Å². The minimum Gasteiger partial charge on any atom is -0.449 e. The number of alkyl carbamates (subject to hydrolysis) is 1. The van der Waals surface area contributed by atoms with Gasteiger partial charge in [0.15, 0.2) is 0 Å². The molecule has 0 spiro atoms. The monoisotopic (exact) mass is 256 g/mol. The molecule has 1 heterocycles. The second-order valence-electron chi connectivity index (χ2n) is 6.07. The summed E-state index contributed by atoms with van der Waals surface area (Å²) in [5.74, 6) is -0.0345. The number of amides is 2. The Morgan fingerprint density at radius 2 is 2.06 bits per heavy atom. The number of carbonyl (C=O) groups is 2. The van der Waals surface area contributed by atoms with E-state index in [4.69, 9.17) is 4.74 Å². The van der Waals surface area contributed by atoms with Crippen LogP contribution in [-0.4, -0.2) is 42.6 Å².